The van der Waals surface area contributed by atoms with Crippen LogP contribution < -0.4 is 10.4 Å². The zero-order valence-electron chi connectivity index (χ0n) is 24.2. The van der Waals surface area contributed by atoms with Crippen molar-refractivity contribution < 1.29 is 27.1 Å². The van der Waals surface area contributed by atoms with Crippen LogP contribution in [0, 0.1) is 23.5 Å². The fourth-order valence-electron chi connectivity index (χ4n) is 6.58. The van der Waals surface area contributed by atoms with E-state index in [9.17, 15) is 27.1 Å². The molecule has 0 spiro atoms. The lowest BCUT2D eigenvalue weighted by atomic mass is 9.80. The number of hydrogen-bond donors (Lipinski definition) is 2. The largest absolute Gasteiger partial charge is 0.478 e. The summed E-state index contributed by atoms with van der Waals surface area (Å²) in [5.74, 6) is -2.41. The topological polar surface area (TPSA) is 90.0 Å². The molecule has 3 aromatic rings. The lowest BCUT2D eigenvalue weighted by molar-refractivity contribution is 0.0696. The van der Waals surface area contributed by atoms with Crippen molar-refractivity contribution in [3.05, 3.63) is 136 Å². The highest BCUT2D eigenvalue weighted by Crippen LogP contribution is 2.48. The van der Waals surface area contributed by atoms with Crippen LogP contribution in [-0.2, 0) is 22.2 Å². The van der Waals surface area contributed by atoms with Crippen LogP contribution in [0.2, 0.25) is 0 Å². The molecule has 0 amide bonds. The molecule has 10 heteroatoms. The Bertz CT molecular complexity index is 1800. The minimum atomic E-state index is -3.98. The van der Waals surface area contributed by atoms with Crippen LogP contribution in [0.3, 0.4) is 0 Å². The Hall–Kier alpha value is -4.28. The van der Waals surface area contributed by atoms with Crippen LogP contribution in [-0.4, -0.2) is 36.9 Å². The van der Waals surface area contributed by atoms with Crippen LogP contribution in [0.1, 0.15) is 41.3 Å². The highest BCUT2D eigenvalue weighted by molar-refractivity contribution is 7.88. The number of hydrogen-bond acceptors (Lipinski definition) is 5. The average molecular weight is 618 g/mol. The first kappa shape index (κ1) is 29.8. The van der Waals surface area contributed by atoms with Crippen LogP contribution in [0.15, 0.2) is 107 Å². The number of benzene rings is 3. The smallest absolute Gasteiger partial charge is 0.335 e. The standard InChI is InChI=1S/C34H33F2N3O4S/c1-22-30-19-37-39(28-14-12-27(35)13-15-28)32(30)18-24-10-11-25(33(22)24)20-38(17-16-23-6-3-5-9-31(23)36)44(42,43)21-26-7-2-4-8-29(26)34(40)41/h2-9,12-15,18-19,22,25,37H,10-11,16-17,20-21H2,1H3,(H,40,41)/t22-,25+/m0/s1. The summed E-state index contributed by atoms with van der Waals surface area (Å²) in [4.78, 5) is 11.8. The van der Waals surface area contributed by atoms with Crippen molar-refractivity contribution in [2.45, 2.75) is 31.9 Å². The molecule has 6 rings (SSSR count). The number of aromatic carboxylic acids is 1. The van der Waals surface area contributed by atoms with E-state index in [0.717, 1.165) is 35.4 Å². The molecule has 0 aromatic heterocycles. The van der Waals surface area contributed by atoms with E-state index in [1.807, 2.05) is 11.2 Å². The van der Waals surface area contributed by atoms with Gasteiger partial charge in [-0.2, -0.15) is 0 Å². The molecule has 3 aromatic carbocycles. The van der Waals surface area contributed by atoms with Crippen molar-refractivity contribution in [1.29, 1.82) is 0 Å². The number of carboxylic acid groups (broad SMARTS) is 1. The molecule has 7 nitrogen and oxygen atoms in total. The van der Waals surface area contributed by atoms with Gasteiger partial charge < -0.3 is 10.5 Å². The summed E-state index contributed by atoms with van der Waals surface area (Å²) in [5, 5.41) is 11.6. The summed E-state index contributed by atoms with van der Waals surface area (Å²) in [6.07, 6.45) is 5.79. The van der Waals surface area contributed by atoms with Gasteiger partial charge >= 0.3 is 5.97 Å². The van der Waals surface area contributed by atoms with E-state index in [1.165, 1.54) is 40.2 Å². The number of carboxylic acids is 1. The molecule has 0 saturated heterocycles. The average Bonchev–Trinajstić information content (AvgIpc) is 3.61. The van der Waals surface area contributed by atoms with Crippen LogP contribution in [0.25, 0.3) is 0 Å². The molecule has 1 aliphatic heterocycles. The van der Waals surface area contributed by atoms with Gasteiger partial charge in [-0.25, -0.2) is 26.3 Å². The molecule has 0 bridgehead atoms. The zero-order valence-corrected chi connectivity index (χ0v) is 25.0. The van der Waals surface area contributed by atoms with E-state index in [0.29, 0.717) is 5.56 Å². The fraction of sp³-hybridized carbons (Fsp3) is 0.265. The molecule has 44 heavy (non-hydrogen) atoms. The first-order valence-corrected chi connectivity index (χ1v) is 16.2. The highest BCUT2D eigenvalue weighted by Gasteiger charge is 2.40. The molecule has 0 saturated carbocycles. The van der Waals surface area contributed by atoms with Crippen molar-refractivity contribution in [3.63, 3.8) is 0 Å². The molecule has 0 unspecified atom stereocenters. The molecule has 228 valence electrons. The number of sulfonamides is 1. The fourth-order valence-corrected chi connectivity index (χ4v) is 8.19. The maximum absolute atomic E-state index is 14.5. The number of nitrogens with zero attached hydrogens (tertiary/aromatic N) is 2. The summed E-state index contributed by atoms with van der Waals surface area (Å²) in [7, 11) is -3.98. The Morgan fingerprint density at radius 3 is 2.45 bits per heavy atom. The van der Waals surface area contributed by atoms with E-state index in [-0.39, 0.29) is 48.3 Å². The van der Waals surface area contributed by atoms with E-state index >= 15 is 0 Å². The number of carbonyl (C=O) groups is 1. The molecule has 2 atom stereocenters. The Labute approximate surface area is 255 Å². The Morgan fingerprint density at radius 1 is 1.02 bits per heavy atom. The first-order chi connectivity index (χ1) is 21.1. The Balaban J connectivity index is 1.29. The van der Waals surface area contributed by atoms with Crippen molar-refractivity contribution in [2.24, 2.45) is 11.8 Å². The third kappa shape index (κ3) is 5.79. The lowest BCUT2D eigenvalue weighted by Gasteiger charge is -2.32. The number of hydrazine groups is 1. The summed E-state index contributed by atoms with van der Waals surface area (Å²) in [6, 6.07) is 18.7. The predicted octanol–water partition coefficient (Wildman–Crippen LogP) is 6.19. The van der Waals surface area contributed by atoms with Crippen molar-refractivity contribution >= 4 is 21.7 Å². The van der Waals surface area contributed by atoms with Gasteiger partial charge in [0.1, 0.15) is 11.6 Å². The van der Waals surface area contributed by atoms with Gasteiger partial charge in [0.15, 0.2) is 0 Å². The molecular formula is C34H33F2N3O4S. The van der Waals surface area contributed by atoms with Crippen LogP contribution in [0.5, 0.6) is 0 Å². The summed E-state index contributed by atoms with van der Waals surface area (Å²) >= 11 is 0. The van der Waals surface area contributed by atoms with E-state index in [1.54, 1.807) is 42.5 Å². The third-order valence-corrected chi connectivity index (χ3v) is 10.6. The highest BCUT2D eigenvalue weighted by atomic mass is 32.2. The number of anilines is 1. The van der Waals surface area contributed by atoms with Crippen LogP contribution in [0.4, 0.5) is 14.5 Å². The van der Waals surface area contributed by atoms with Gasteiger partial charge in [0.2, 0.25) is 10.0 Å². The van der Waals surface area contributed by atoms with Crippen molar-refractivity contribution in [3.8, 4) is 0 Å². The Kier molecular flexibility index (Phi) is 8.13. The number of fused-ring (bicyclic) bond motifs is 1. The van der Waals surface area contributed by atoms with Crippen molar-refractivity contribution in [1.82, 2.24) is 9.73 Å². The maximum Gasteiger partial charge on any atom is 0.335 e. The summed E-state index contributed by atoms with van der Waals surface area (Å²) in [5.41, 5.74) is 9.06. The quantitative estimate of drug-likeness (QED) is 0.282. The van der Waals surface area contributed by atoms with E-state index < -0.39 is 27.6 Å². The second kappa shape index (κ2) is 12.0. The van der Waals surface area contributed by atoms with Gasteiger partial charge in [-0.3, -0.25) is 5.01 Å². The van der Waals surface area contributed by atoms with E-state index in [4.69, 9.17) is 0 Å². The molecular weight excluding hydrogens is 584 g/mol. The van der Waals surface area contributed by atoms with Gasteiger partial charge in [0, 0.05) is 30.8 Å². The molecule has 3 aliphatic rings. The van der Waals surface area contributed by atoms with Gasteiger partial charge in [-0.1, -0.05) is 48.9 Å². The third-order valence-electron chi connectivity index (χ3n) is 8.78. The number of nitrogens with one attached hydrogen (secondary N) is 1. The minimum Gasteiger partial charge on any atom is -0.478 e. The number of allylic oxidation sites excluding steroid dienone is 3. The van der Waals surface area contributed by atoms with Gasteiger partial charge in [0.05, 0.1) is 22.7 Å². The van der Waals surface area contributed by atoms with Gasteiger partial charge in [-0.15, -0.1) is 0 Å². The zero-order chi connectivity index (χ0) is 31.0. The Morgan fingerprint density at radius 2 is 1.73 bits per heavy atom. The number of rotatable bonds is 10. The molecule has 2 N–H and O–H groups in total. The molecule has 0 fully saturated rings. The van der Waals surface area contributed by atoms with Gasteiger partial charge in [0.25, 0.3) is 0 Å². The normalized spacial score (nSPS) is 19.4. The second-order valence-electron chi connectivity index (χ2n) is 11.4. The first-order valence-electron chi connectivity index (χ1n) is 14.6. The van der Waals surface area contributed by atoms with Gasteiger partial charge in [-0.05, 0) is 84.4 Å². The van der Waals surface area contributed by atoms with Crippen molar-refractivity contribution in [2.75, 3.05) is 18.1 Å². The SMILES string of the molecule is C[C@H]1C2=CNN(c3ccc(F)cc3)C2=CC2=C1[C@@H](CN(CCc1ccccc1F)S(=O)(=O)Cc1ccccc1C(=O)O)CC2. The maximum atomic E-state index is 14.5. The molecule has 2 aliphatic carbocycles. The predicted molar refractivity (Wildman–Crippen MR) is 165 cm³/mol. The van der Waals surface area contributed by atoms with E-state index in [2.05, 4.69) is 18.4 Å². The summed E-state index contributed by atoms with van der Waals surface area (Å²) < 4.78 is 57.4. The minimum absolute atomic E-state index is 0.0132. The second-order valence-corrected chi connectivity index (χ2v) is 13.4. The lowest BCUT2D eigenvalue weighted by Crippen LogP contribution is -2.39. The summed E-state index contributed by atoms with van der Waals surface area (Å²) in [6.45, 7) is 2.39. The monoisotopic (exact) mass is 617 g/mol. The van der Waals surface area contributed by atoms with Crippen LogP contribution >= 0.6 is 0 Å². The molecule has 0 radical (unpaired) electrons. The number of halogens is 2. The molecule has 1 heterocycles.